The summed E-state index contributed by atoms with van der Waals surface area (Å²) >= 11 is 0. The van der Waals surface area contributed by atoms with Crippen molar-refractivity contribution in [2.75, 3.05) is 0 Å². The van der Waals surface area contributed by atoms with Crippen molar-refractivity contribution in [3.8, 4) is 0 Å². The van der Waals surface area contributed by atoms with Crippen LogP contribution in [0.25, 0.3) is 21.9 Å². The number of fused-ring (bicyclic) bond motifs is 3. The van der Waals surface area contributed by atoms with Crippen LogP contribution < -0.4 is 11.1 Å². The third-order valence-electron chi connectivity index (χ3n) is 4.08. The number of pyridine rings is 1. The van der Waals surface area contributed by atoms with Crippen LogP contribution in [0.1, 0.15) is 5.56 Å². The molecule has 0 saturated heterocycles. The molecule has 0 atom stereocenters. The highest BCUT2D eigenvalue weighted by Gasteiger charge is 2.13. The van der Waals surface area contributed by atoms with Crippen LogP contribution in [0.4, 0.5) is 4.39 Å². The molecule has 0 aliphatic rings. The van der Waals surface area contributed by atoms with E-state index in [1.54, 1.807) is 31.4 Å². The molecule has 4 aromatic rings. The van der Waals surface area contributed by atoms with E-state index in [-0.39, 0.29) is 23.5 Å². The topological polar surface area (TPSA) is 72.7 Å². The largest absolute Gasteiger partial charge is 0.339 e. The van der Waals surface area contributed by atoms with Gasteiger partial charge in [-0.15, -0.1) is 0 Å². The Hall–Kier alpha value is -3.22. The number of aromatic amines is 1. The Bertz CT molecular complexity index is 1200. The molecule has 0 saturated carbocycles. The van der Waals surface area contributed by atoms with Gasteiger partial charge in [0, 0.05) is 24.2 Å². The molecule has 0 bridgehead atoms. The van der Waals surface area contributed by atoms with Gasteiger partial charge < -0.3 is 9.55 Å². The summed E-state index contributed by atoms with van der Waals surface area (Å²) in [6.45, 7) is 0.128. The number of aromatic nitrogens is 4. The number of H-pyrrole nitrogens is 1. The Morgan fingerprint density at radius 2 is 2.04 bits per heavy atom. The fourth-order valence-corrected chi connectivity index (χ4v) is 2.86. The standard InChI is InChI=1S/C17H13FN4O2/c1-21-6-2-3-10(16(21)23)8-22-9-19-15-14(17(22)24)12-5-4-11(18)7-13(12)20-15/h2-7,9,20H,8H2,1H3. The van der Waals surface area contributed by atoms with Gasteiger partial charge in [0.15, 0.2) is 0 Å². The molecule has 0 fully saturated rings. The first-order chi connectivity index (χ1) is 11.5. The van der Waals surface area contributed by atoms with Crippen LogP contribution in [0.2, 0.25) is 0 Å². The Morgan fingerprint density at radius 3 is 2.88 bits per heavy atom. The van der Waals surface area contributed by atoms with Crippen molar-refractivity contribution in [1.82, 2.24) is 19.1 Å². The lowest BCUT2D eigenvalue weighted by atomic mass is 10.2. The van der Waals surface area contributed by atoms with Gasteiger partial charge in [-0.1, -0.05) is 6.07 Å². The van der Waals surface area contributed by atoms with E-state index in [1.165, 1.54) is 27.6 Å². The Kier molecular flexibility index (Phi) is 3.09. The molecule has 0 aliphatic heterocycles. The number of hydrogen-bond donors (Lipinski definition) is 1. The van der Waals surface area contributed by atoms with E-state index in [1.807, 2.05) is 0 Å². The van der Waals surface area contributed by atoms with Gasteiger partial charge in [-0.3, -0.25) is 14.2 Å². The maximum Gasteiger partial charge on any atom is 0.263 e. The number of nitrogens with one attached hydrogen (secondary N) is 1. The zero-order valence-corrected chi connectivity index (χ0v) is 12.8. The highest BCUT2D eigenvalue weighted by molar-refractivity contribution is 6.05. The zero-order chi connectivity index (χ0) is 16.8. The van der Waals surface area contributed by atoms with Crippen LogP contribution in [0, 0.1) is 5.82 Å². The average Bonchev–Trinajstić information content (AvgIpc) is 2.92. The summed E-state index contributed by atoms with van der Waals surface area (Å²) in [5.41, 5.74) is 0.976. The molecule has 0 radical (unpaired) electrons. The van der Waals surface area contributed by atoms with Crippen LogP contribution >= 0.6 is 0 Å². The molecule has 0 spiro atoms. The summed E-state index contributed by atoms with van der Waals surface area (Å²) in [7, 11) is 1.66. The highest BCUT2D eigenvalue weighted by atomic mass is 19.1. The smallest absolute Gasteiger partial charge is 0.263 e. The molecule has 3 aromatic heterocycles. The van der Waals surface area contributed by atoms with E-state index < -0.39 is 0 Å². The fourth-order valence-electron chi connectivity index (χ4n) is 2.86. The highest BCUT2D eigenvalue weighted by Crippen LogP contribution is 2.21. The number of benzene rings is 1. The first-order valence-electron chi connectivity index (χ1n) is 7.35. The summed E-state index contributed by atoms with van der Waals surface area (Å²) in [4.78, 5) is 32.1. The monoisotopic (exact) mass is 324 g/mol. The number of hydrogen-bond acceptors (Lipinski definition) is 3. The second-order valence-electron chi connectivity index (χ2n) is 5.67. The van der Waals surface area contributed by atoms with Gasteiger partial charge in [0.05, 0.1) is 17.4 Å². The first kappa shape index (κ1) is 14.4. The molecule has 1 aromatic carbocycles. The maximum atomic E-state index is 13.4. The van der Waals surface area contributed by atoms with E-state index in [9.17, 15) is 14.0 Å². The third kappa shape index (κ3) is 2.13. The molecule has 0 amide bonds. The minimum absolute atomic E-state index is 0.128. The molecular formula is C17H13FN4O2. The molecule has 6 nitrogen and oxygen atoms in total. The first-order valence-corrected chi connectivity index (χ1v) is 7.35. The van der Waals surface area contributed by atoms with Gasteiger partial charge in [0.2, 0.25) is 0 Å². The lowest BCUT2D eigenvalue weighted by Gasteiger charge is -2.06. The lowest BCUT2D eigenvalue weighted by molar-refractivity contribution is 0.629. The van der Waals surface area contributed by atoms with Gasteiger partial charge in [-0.2, -0.15) is 0 Å². The van der Waals surface area contributed by atoms with Crippen LogP contribution in [0.15, 0.2) is 52.4 Å². The number of halogens is 1. The van der Waals surface area contributed by atoms with Crippen LogP contribution in [-0.4, -0.2) is 19.1 Å². The molecule has 7 heteroatoms. The van der Waals surface area contributed by atoms with Crippen molar-refractivity contribution >= 4 is 21.9 Å². The van der Waals surface area contributed by atoms with Crippen LogP contribution in [-0.2, 0) is 13.6 Å². The molecule has 3 heterocycles. The minimum Gasteiger partial charge on any atom is -0.339 e. The fraction of sp³-hybridized carbons (Fsp3) is 0.118. The average molecular weight is 324 g/mol. The molecule has 4 rings (SSSR count). The van der Waals surface area contributed by atoms with Gasteiger partial charge in [-0.05, 0) is 24.3 Å². The van der Waals surface area contributed by atoms with Gasteiger partial charge >= 0.3 is 0 Å². The van der Waals surface area contributed by atoms with Crippen LogP contribution in [0.5, 0.6) is 0 Å². The van der Waals surface area contributed by atoms with Crippen molar-refractivity contribution in [1.29, 1.82) is 0 Å². The van der Waals surface area contributed by atoms with Crippen molar-refractivity contribution in [2.45, 2.75) is 6.54 Å². The second kappa shape index (κ2) is 5.16. The summed E-state index contributed by atoms with van der Waals surface area (Å²) in [6, 6.07) is 7.62. The molecule has 1 N–H and O–H groups in total. The van der Waals surface area contributed by atoms with Gasteiger partial charge in [-0.25, -0.2) is 9.37 Å². The van der Waals surface area contributed by atoms with Crippen molar-refractivity contribution in [3.05, 3.63) is 74.9 Å². The zero-order valence-electron chi connectivity index (χ0n) is 12.8. The second-order valence-corrected chi connectivity index (χ2v) is 5.67. The Balaban J connectivity index is 1.92. The Labute approximate surface area is 134 Å². The molecule has 24 heavy (non-hydrogen) atoms. The normalized spacial score (nSPS) is 11.4. The summed E-state index contributed by atoms with van der Waals surface area (Å²) in [5.74, 6) is -0.387. The van der Waals surface area contributed by atoms with Gasteiger partial charge in [0.25, 0.3) is 11.1 Å². The number of nitrogens with zero attached hydrogens (tertiary/aromatic N) is 3. The summed E-state index contributed by atoms with van der Waals surface area (Å²) < 4.78 is 16.2. The van der Waals surface area contributed by atoms with E-state index in [0.717, 1.165) is 0 Å². The van der Waals surface area contributed by atoms with Crippen molar-refractivity contribution < 1.29 is 4.39 Å². The molecule has 0 aliphatic carbocycles. The molecule has 120 valence electrons. The predicted octanol–water partition coefficient (Wildman–Crippen LogP) is 1.76. The number of aryl methyl sites for hydroxylation is 1. The predicted molar refractivity (Wildman–Crippen MR) is 88.6 cm³/mol. The maximum absolute atomic E-state index is 13.4. The van der Waals surface area contributed by atoms with Crippen LogP contribution in [0.3, 0.4) is 0 Å². The van der Waals surface area contributed by atoms with E-state index in [2.05, 4.69) is 9.97 Å². The molecule has 0 unspecified atom stereocenters. The van der Waals surface area contributed by atoms with E-state index in [0.29, 0.717) is 27.5 Å². The van der Waals surface area contributed by atoms with E-state index >= 15 is 0 Å². The van der Waals surface area contributed by atoms with E-state index in [4.69, 9.17) is 0 Å². The third-order valence-corrected chi connectivity index (χ3v) is 4.08. The summed E-state index contributed by atoms with van der Waals surface area (Å²) in [6.07, 6.45) is 3.05. The lowest BCUT2D eigenvalue weighted by Crippen LogP contribution is -2.27. The summed E-state index contributed by atoms with van der Waals surface area (Å²) in [5, 5.41) is 1.000. The quantitative estimate of drug-likeness (QED) is 0.611. The van der Waals surface area contributed by atoms with Gasteiger partial charge in [0.1, 0.15) is 17.8 Å². The molecular weight excluding hydrogens is 311 g/mol. The Morgan fingerprint density at radius 1 is 1.21 bits per heavy atom. The minimum atomic E-state index is -0.387. The SMILES string of the molecule is Cn1cccc(Cn2cnc3[nH]c4cc(F)ccc4c3c2=O)c1=O. The number of rotatable bonds is 2. The van der Waals surface area contributed by atoms with Crippen molar-refractivity contribution in [2.24, 2.45) is 7.05 Å². The van der Waals surface area contributed by atoms with Crippen molar-refractivity contribution in [3.63, 3.8) is 0 Å².